The molecular formula is C30H34N4O7. The van der Waals surface area contributed by atoms with Crippen LogP contribution in [0.15, 0.2) is 60.7 Å². The molecular weight excluding hydrogens is 528 g/mol. The van der Waals surface area contributed by atoms with Gasteiger partial charge in [0.2, 0.25) is 5.91 Å². The molecule has 0 unspecified atom stereocenters. The van der Waals surface area contributed by atoms with Crippen molar-refractivity contribution in [3.05, 3.63) is 98.9 Å². The van der Waals surface area contributed by atoms with E-state index in [1.54, 1.807) is 37.8 Å². The average molecular weight is 563 g/mol. The summed E-state index contributed by atoms with van der Waals surface area (Å²) < 4.78 is 10.8. The predicted octanol–water partition coefficient (Wildman–Crippen LogP) is 4.23. The van der Waals surface area contributed by atoms with Crippen molar-refractivity contribution in [1.82, 2.24) is 15.2 Å². The highest BCUT2D eigenvalue weighted by Crippen LogP contribution is 2.22. The molecule has 2 amide bonds. The van der Waals surface area contributed by atoms with E-state index in [9.17, 15) is 24.5 Å². The van der Waals surface area contributed by atoms with Crippen molar-refractivity contribution in [3.63, 3.8) is 0 Å². The SMILES string of the molecule is CC(C)(C)OC(=O)N[C@@H](Cc1ccc([N+](=O)[O-])cc1)C(=O)N1CCc2[nH]c(CC(=O)OCc3ccccc3)cc2C1. The number of hydrogen-bond donors (Lipinski definition) is 2. The molecule has 1 aliphatic rings. The minimum absolute atomic E-state index is 0.0625. The van der Waals surface area contributed by atoms with Crippen LogP contribution in [0.1, 0.15) is 48.8 Å². The fourth-order valence-corrected chi connectivity index (χ4v) is 4.59. The van der Waals surface area contributed by atoms with Crippen molar-refractivity contribution in [2.24, 2.45) is 0 Å². The molecule has 0 radical (unpaired) electrons. The third-order valence-corrected chi connectivity index (χ3v) is 6.51. The molecule has 1 atom stereocenters. The minimum atomic E-state index is -0.945. The number of nitro benzene ring substituents is 1. The van der Waals surface area contributed by atoms with Gasteiger partial charge in [0.25, 0.3) is 5.69 Å². The number of aromatic nitrogens is 1. The van der Waals surface area contributed by atoms with E-state index in [0.717, 1.165) is 16.8 Å². The number of fused-ring (bicyclic) bond motifs is 1. The van der Waals surface area contributed by atoms with Crippen LogP contribution in [-0.4, -0.2) is 51.0 Å². The van der Waals surface area contributed by atoms with Gasteiger partial charge in [-0.15, -0.1) is 0 Å². The Bertz CT molecular complexity index is 1390. The number of hydrogen-bond acceptors (Lipinski definition) is 7. The summed E-state index contributed by atoms with van der Waals surface area (Å²) in [5.74, 6) is -0.657. The molecule has 1 aromatic heterocycles. The molecule has 3 aromatic rings. The second-order valence-corrected chi connectivity index (χ2v) is 11.0. The molecule has 4 rings (SSSR count). The van der Waals surface area contributed by atoms with Crippen LogP contribution in [0.2, 0.25) is 0 Å². The molecule has 1 aliphatic heterocycles. The number of nitrogens with one attached hydrogen (secondary N) is 2. The van der Waals surface area contributed by atoms with E-state index in [4.69, 9.17) is 9.47 Å². The number of non-ortho nitro benzene ring substituents is 1. The highest BCUT2D eigenvalue weighted by molar-refractivity contribution is 5.86. The third kappa shape index (κ3) is 8.41. The van der Waals surface area contributed by atoms with Gasteiger partial charge in [-0.3, -0.25) is 19.7 Å². The first-order valence-electron chi connectivity index (χ1n) is 13.4. The molecule has 11 nitrogen and oxygen atoms in total. The van der Waals surface area contributed by atoms with Gasteiger partial charge in [0.15, 0.2) is 0 Å². The van der Waals surface area contributed by atoms with E-state index < -0.39 is 22.7 Å². The minimum Gasteiger partial charge on any atom is -0.461 e. The number of nitro groups is 1. The molecule has 11 heteroatoms. The maximum absolute atomic E-state index is 13.7. The summed E-state index contributed by atoms with van der Waals surface area (Å²) in [6, 6.07) is 16.2. The lowest BCUT2D eigenvalue weighted by molar-refractivity contribution is -0.384. The number of carbonyl (C=O) groups excluding carboxylic acids is 3. The Balaban J connectivity index is 1.42. The van der Waals surface area contributed by atoms with Crippen molar-refractivity contribution >= 4 is 23.7 Å². The molecule has 0 fully saturated rings. The van der Waals surface area contributed by atoms with Gasteiger partial charge in [-0.1, -0.05) is 42.5 Å². The average Bonchev–Trinajstić information content (AvgIpc) is 3.32. The molecule has 2 heterocycles. The standard InChI is InChI=1S/C30H34N4O7/c1-30(2,3)41-29(37)32-26(15-20-9-11-24(12-10-20)34(38)39)28(36)33-14-13-25-22(18-33)16-23(31-25)17-27(35)40-19-21-7-5-4-6-8-21/h4-12,16,26,31H,13-15,17-19H2,1-3H3,(H,32,37)/t26-/m0/s1. The molecule has 2 N–H and O–H groups in total. The topological polar surface area (TPSA) is 144 Å². The fraction of sp³-hybridized carbons (Fsp3) is 0.367. The van der Waals surface area contributed by atoms with Crippen LogP contribution >= 0.6 is 0 Å². The number of esters is 1. The predicted molar refractivity (Wildman–Crippen MR) is 150 cm³/mol. The molecule has 0 aliphatic carbocycles. The smallest absolute Gasteiger partial charge is 0.408 e. The monoisotopic (exact) mass is 562 g/mol. The number of alkyl carbamates (subject to hydrolysis) is 1. The Morgan fingerprint density at radius 3 is 2.44 bits per heavy atom. The van der Waals surface area contributed by atoms with Crippen molar-refractivity contribution in [2.45, 2.75) is 64.8 Å². The lowest BCUT2D eigenvalue weighted by atomic mass is 10.0. The lowest BCUT2D eigenvalue weighted by Crippen LogP contribution is -2.51. The number of ether oxygens (including phenoxy) is 2. The van der Waals surface area contributed by atoms with Gasteiger partial charge in [-0.25, -0.2) is 4.79 Å². The molecule has 0 saturated carbocycles. The lowest BCUT2D eigenvalue weighted by Gasteiger charge is -2.31. The summed E-state index contributed by atoms with van der Waals surface area (Å²) in [6.07, 6.45) is 0.0342. The fourth-order valence-electron chi connectivity index (χ4n) is 4.59. The van der Waals surface area contributed by atoms with Crippen molar-refractivity contribution < 1.29 is 28.8 Å². The molecule has 216 valence electrons. The van der Waals surface area contributed by atoms with E-state index in [0.29, 0.717) is 30.8 Å². The zero-order valence-electron chi connectivity index (χ0n) is 23.3. The van der Waals surface area contributed by atoms with E-state index in [1.807, 2.05) is 36.4 Å². The highest BCUT2D eigenvalue weighted by atomic mass is 16.6. The Labute approximate surface area is 238 Å². The number of amides is 2. The first-order valence-corrected chi connectivity index (χ1v) is 13.4. The maximum atomic E-state index is 13.7. The molecule has 0 saturated heterocycles. The zero-order chi connectivity index (χ0) is 29.6. The summed E-state index contributed by atoms with van der Waals surface area (Å²) in [5.41, 5.74) is 3.29. The number of rotatable bonds is 9. The van der Waals surface area contributed by atoms with Gasteiger partial charge in [-0.2, -0.15) is 0 Å². The summed E-state index contributed by atoms with van der Waals surface area (Å²) >= 11 is 0. The summed E-state index contributed by atoms with van der Waals surface area (Å²) in [5, 5.41) is 13.7. The second-order valence-electron chi connectivity index (χ2n) is 11.0. The Hall–Kier alpha value is -4.67. The quantitative estimate of drug-likeness (QED) is 0.226. The van der Waals surface area contributed by atoms with Crippen LogP contribution in [0.25, 0.3) is 0 Å². The van der Waals surface area contributed by atoms with Crippen LogP contribution in [-0.2, 0) is 51.5 Å². The number of nitrogens with zero attached hydrogens (tertiary/aromatic N) is 2. The van der Waals surface area contributed by atoms with Gasteiger partial charge < -0.3 is 24.7 Å². The van der Waals surface area contributed by atoms with Crippen molar-refractivity contribution in [3.8, 4) is 0 Å². The van der Waals surface area contributed by atoms with Gasteiger partial charge >= 0.3 is 12.1 Å². The summed E-state index contributed by atoms with van der Waals surface area (Å²) in [4.78, 5) is 54.1. The normalized spacial score (nSPS) is 13.6. The van der Waals surface area contributed by atoms with Crippen LogP contribution in [0.3, 0.4) is 0 Å². The van der Waals surface area contributed by atoms with Crippen LogP contribution < -0.4 is 5.32 Å². The number of aromatic amines is 1. The highest BCUT2D eigenvalue weighted by Gasteiger charge is 2.31. The van der Waals surface area contributed by atoms with Gasteiger partial charge in [0.05, 0.1) is 11.3 Å². The molecule has 0 bridgehead atoms. The number of carbonyl (C=O) groups is 3. The van der Waals surface area contributed by atoms with Crippen LogP contribution in [0, 0.1) is 10.1 Å². The van der Waals surface area contributed by atoms with Crippen LogP contribution in [0.5, 0.6) is 0 Å². The maximum Gasteiger partial charge on any atom is 0.408 e. The van der Waals surface area contributed by atoms with E-state index in [1.165, 1.54) is 12.1 Å². The molecule has 41 heavy (non-hydrogen) atoms. The summed E-state index contributed by atoms with van der Waals surface area (Å²) in [6.45, 7) is 6.10. The van der Waals surface area contributed by atoms with Crippen LogP contribution in [0.4, 0.5) is 10.5 Å². The zero-order valence-corrected chi connectivity index (χ0v) is 23.3. The van der Waals surface area contributed by atoms with E-state index >= 15 is 0 Å². The molecule has 2 aromatic carbocycles. The third-order valence-electron chi connectivity index (χ3n) is 6.51. The Morgan fingerprint density at radius 2 is 1.78 bits per heavy atom. The number of H-pyrrole nitrogens is 1. The summed E-state index contributed by atoms with van der Waals surface area (Å²) in [7, 11) is 0. The van der Waals surface area contributed by atoms with Gasteiger partial charge in [-0.05, 0) is 43.5 Å². The van der Waals surface area contributed by atoms with Crippen molar-refractivity contribution in [1.29, 1.82) is 0 Å². The second kappa shape index (κ2) is 12.7. The Kier molecular flexibility index (Phi) is 9.06. The van der Waals surface area contributed by atoms with Gasteiger partial charge in [0.1, 0.15) is 18.2 Å². The van der Waals surface area contributed by atoms with E-state index in [-0.39, 0.29) is 37.0 Å². The van der Waals surface area contributed by atoms with Crippen molar-refractivity contribution in [2.75, 3.05) is 6.54 Å². The van der Waals surface area contributed by atoms with Gasteiger partial charge in [0, 0.05) is 49.5 Å². The largest absolute Gasteiger partial charge is 0.461 e. The first-order chi connectivity index (χ1) is 19.5. The Morgan fingerprint density at radius 1 is 1.07 bits per heavy atom. The first kappa shape index (κ1) is 29.3. The molecule has 0 spiro atoms. The number of benzene rings is 2. The van der Waals surface area contributed by atoms with E-state index in [2.05, 4.69) is 10.3 Å².